The lowest BCUT2D eigenvalue weighted by molar-refractivity contribution is -0.264. The summed E-state index contributed by atoms with van der Waals surface area (Å²) < 4.78 is 23.1. The molecule has 7 atom stereocenters. The van der Waals surface area contributed by atoms with Crippen molar-refractivity contribution in [1.82, 2.24) is 0 Å². The quantitative estimate of drug-likeness (QED) is 0.160. The van der Waals surface area contributed by atoms with Crippen molar-refractivity contribution in [3.63, 3.8) is 0 Å². The van der Waals surface area contributed by atoms with Crippen LogP contribution in [0, 0.1) is 63.1 Å². The van der Waals surface area contributed by atoms with E-state index in [2.05, 4.69) is 20.8 Å². The van der Waals surface area contributed by atoms with Crippen LogP contribution in [0.25, 0.3) is 0 Å². The van der Waals surface area contributed by atoms with Crippen LogP contribution in [-0.2, 0) is 38.1 Å². The molecule has 11 fully saturated rings. The topological polar surface area (TPSA) is 146 Å². The fraction of sp³-hybridized carbons (Fsp3) is 0.927. The summed E-state index contributed by atoms with van der Waals surface area (Å²) >= 11 is 0. The second kappa shape index (κ2) is 20.4. The fourth-order valence-electron chi connectivity index (χ4n) is 13.8. The molecule has 382 valence electrons. The lowest BCUT2D eigenvalue weighted by Crippen LogP contribution is -2.67. The minimum atomic E-state index is -0.842. The number of aliphatic hydroxyl groups is 2. The Morgan fingerprint density at radius 1 is 0.600 bits per heavy atom. The van der Waals surface area contributed by atoms with Crippen molar-refractivity contribution < 1.29 is 48.3 Å². The summed E-state index contributed by atoms with van der Waals surface area (Å²) in [5, 5.41) is 21.3. The Morgan fingerprint density at radius 3 is 1.49 bits per heavy atom. The molecule has 7 unspecified atom stereocenters. The molecule has 11 aliphatic rings. The van der Waals surface area contributed by atoms with Gasteiger partial charge in [0.1, 0.15) is 23.4 Å². The molecular formula is C55H102O10. The zero-order valence-corrected chi connectivity index (χ0v) is 38.4. The van der Waals surface area contributed by atoms with Gasteiger partial charge in [-0.2, -0.15) is 0 Å². The smallest absolute Gasteiger partial charge is 0.312 e. The molecule has 0 radical (unpaired) electrons. The highest BCUT2D eigenvalue weighted by atomic mass is 16.6. The van der Waals surface area contributed by atoms with Gasteiger partial charge in [-0.05, 0) is 169 Å². The molecule has 2 N–H and O–H groups in total. The highest BCUT2D eigenvalue weighted by Crippen LogP contribution is 2.65. The van der Waals surface area contributed by atoms with E-state index in [1.807, 2.05) is 55.4 Å². The zero-order valence-electron chi connectivity index (χ0n) is 38.4. The summed E-state index contributed by atoms with van der Waals surface area (Å²) in [6.07, 6.45) is 15.6. The maximum Gasteiger partial charge on any atom is 0.312 e. The number of esters is 4. The lowest BCUT2D eigenvalue weighted by atomic mass is 9.46. The molecule has 10 nitrogen and oxygen atoms in total. The Balaban J connectivity index is 0.000000467. The summed E-state index contributed by atoms with van der Waals surface area (Å²) in [4.78, 5) is 48.7. The molecule has 1 heterocycles. The first-order valence-corrected chi connectivity index (χ1v) is 23.5. The third-order valence-corrected chi connectivity index (χ3v) is 17.9. The van der Waals surface area contributed by atoms with E-state index in [-0.39, 0.29) is 109 Å². The van der Waals surface area contributed by atoms with Gasteiger partial charge in [-0.25, -0.2) is 0 Å². The van der Waals surface area contributed by atoms with Crippen LogP contribution < -0.4 is 0 Å². The molecule has 10 aliphatic carbocycles. The highest BCUT2D eigenvalue weighted by Gasteiger charge is 2.66. The minimum absolute atomic E-state index is 0. The molecule has 10 bridgehead atoms. The van der Waals surface area contributed by atoms with E-state index in [0.29, 0.717) is 31.1 Å². The van der Waals surface area contributed by atoms with Crippen molar-refractivity contribution in [2.45, 2.75) is 264 Å². The van der Waals surface area contributed by atoms with Crippen LogP contribution in [0.4, 0.5) is 0 Å². The summed E-state index contributed by atoms with van der Waals surface area (Å²) in [7, 11) is 0. The van der Waals surface area contributed by atoms with Crippen LogP contribution >= 0.6 is 0 Å². The molecule has 0 aromatic carbocycles. The number of hydrogen-bond donors (Lipinski definition) is 2. The van der Waals surface area contributed by atoms with Gasteiger partial charge in [0.25, 0.3) is 0 Å². The average molecular weight is 923 g/mol. The molecule has 65 heavy (non-hydrogen) atoms. The Bertz CT molecular complexity index is 1600. The first-order valence-electron chi connectivity index (χ1n) is 23.5. The van der Waals surface area contributed by atoms with Gasteiger partial charge in [-0.15, -0.1) is 0 Å². The van der Waals surface area contributed by atoms with Crippen molar-refractivity contribution >= 4 is 23.9 Å². The van der Waals surface area contributed by atoms with E-state index >= 15 is 0 Å². The number of fused-ring (bicyclic) bond motifs is 1. The van der Waals surface area contributed by atoms with Gasteiger partial charge in [0.2, 0.25) is 0 Å². The Morgan fingerprint density at radius 2 is 1.05 bits per heavy atom. The normalized spacial score (nSPS) is 38.2. The fourth-order valence-corrected chi connectivity index (χ4v) is 13.8. The highest BCUT2D eigenvalue weighted by molar-refractivity contribution is 5.79. The van der Waals surface area contributed by atoms with Crippen molar-refractivity contribution in [2.24, 2.45) is 63.1 Å². The Hall–Kier alpha value is -2.20. The predicted molar refractivity (Wildman–Crippen MR) is 263 cm³/mol. The van der Waals surface area contributed by atoms with Crippen LogP contribution in [-0.4, -0.2) is 68.7 Å². The van der Waals surface area contributed by atoms with Crippen LogP contribution in [0.5, 0.6) is 0 Å². The molecule has 0 aromatic rings. The largest absolute Gasteiger partial charge is 0.459 e. The Kier molecular flexibility index (Phi) is 19.1. The second-order valence-electron chi connectivity index (χ2n) is 24.1. The minimum Gasteiger partial charge on any atom is -0.459 e. The number of carbonyl (C=O) groups excluding carboxylic acids is 4. The number of rotatable bonds is 10. The molecule has 10 saturated carbocycles. The first kappa shape index (κ1) is 60.8. The van der Waals surface area contributed by atoms with Gasteiger partial charge in [0.15, 0.2) is 0 Å². The number of carbonyl (C=O) groups is 4. The van der Waals surface area contributed by atoms with E-state index in [9.17, 15) is 29.4 Å². The first-order chi connectivity index (χ1) is 27.2. The molecular weight excluding hydrogens is 821 g/mol. The van der Waals surface area contributed by atoms with Crippen molar-refractivity contribution in [3.05, 3.63) is 0 Å². The van der Waals surface area contributed by atoms with E-state index in [1.165, 1.54) is 38.5 Å². The van der Waals surface area contributed by atoms with Crippen LogP contribution in [0.1, 0.15) is 230 Å². The van der Waals surface area contributed by atoms with Crippen molar-refractivity contribution in [3.8, 4) is 0 Å². The van der Waals surface area contributed by atoms with E-state index in [4.69, 9.17) is 18.9 Å². The molecule has 0 aromatic heterocycles. The number of hydrogen-bond acceptors (Lipinski definition) is 10. The van der Waals surface area contributed by atoms with Gasteiger partial charge < -0.3 is 29.2 Å². The zero-order chi connectivity index (χ0) is 43.4. The Labute approximate surface area is 398 Å². The molecule has 10 heteroatoms. The van der Waals surface area contributed by atoms with E-state index in [1.54, 1.807) is 0 Å². The van der Waals surface area contributed by atoms with Crippen LogP contribution in [0.15, 0.2) is 0 Å². The third kappa shape index (κ3) is 11.3. The molecule has 1 saturated heterocycles. The van der Waals surface area contributed by atoms with Gasteiger partial charge in [0, 0.05) is 36.5 Å². The summed E-state index contributed by atoms with van der Waals surface area (Å²) in [5.74, 6) is 3.21. The summed E-state index contributed by atoms with van der Waals surface area (Å²) in [6.45, 7) is 22.0. The summed E-state index contributed by atoms with van der Waals surface area (Å²) in [6, 6.07) is 0. The molecule has 0 spiro atoms. The van der Waals surface area contributed by atoms with Crippen molar-refractivity contribution in [1.29, 1.82) is 0 Å². The summed E-state index contributed by atoms with van der Waals surface area (Å²) in [5.41, 5.74) is -3.71. The average Bonchev–Trinajstić information content (AvgIpc) is 3.75. The van der Waals surface area contributed by atoms with E-state index < -0.39 is 27.6 Å². The molecule has 0 amide bonds. The van der Waals surface area contributed by atoms with Gasteiger partial charge in [-0.3, -0.25) is 19.2 Å². The van der Waals surface area contributed by atoms with Crippen LogP contribution in [0.2, 0.25) is 0 Å². The third-order valence-electron chi connectivity index (χ3n) is 17.9. The van der Waals surface area contributed by atoms with Crippen molar-refractivity contribution in [2.75, 3.05) is 0 Å². The van der Waals surface area contributed by atoms with Gasteiger partial charge in [0.05, 0.1) is 33.4 Å². The molecule has 11 rings (SSSR count). The standard InChI is InChI=1S/C19H32O2.C16H26O4.C14H20O4.6CH4/c1-6-17(2,3)16(20)21-18(4,5)19-10-13-7-14(11-19)9-15(8-13)12-19;1-4-13(2,3)12(17)20-16-7-11-5-14(18,9-16)8-15(19,6-11)10-16;1-4-14(2,3)13(16)18-10-7-5-8-9(6-7)12(15)17-11(8)10;;;;;;/h13-15H,6-12H2,1-5H3;11,18-19H,4-10H2,1-3H3;7-11H,4-6H2,1-3H3;6*1H4. The lowest BCUT2D eigenvalue weighted by Gasteiger charge is -2.62. The maximum atomic E-state index is 12.6. The van der Waals surface area contributed by atoms with E-state index in [0.717, 1.165) is 69.1 Å². The molecule has 1 aliphatic heterocycles. The second-order valence-corrected chi connectivity index (χ2v) is 24.1. The SMILES string of the molecule is C.C.C.C.C.C.CCC(C)(C)C(=O)OC(C)(C)C12CC3CC(CC(C3)C1)C2.CCC(C)(C)C(=O)OC12CC3CC(O)(CC(O)(C3)C1)C2.CCC(C)(C)C(=O)OC1C2CC3C(=O)OC1C3C2. The monoisotopic (exact) mass is 923 g/mol. The van der Waals surface area contributed by atoms with Gasteiger partial charge in [-0.1, -0.05) is 65.3 Å². The number of ether oxygens (including phenoxy) is 4. The van der Waals surface area contributed by atoms with Gasteiger partial charge >= 0.3 is 23.9 Å². The van der Waals surface area contributed by atoms with Crippen LogP contribution in [0.3, 0.4) is 0 Å². The predicted octanol–water partition coefficient (Wildman–Crippen LogP) is 12.9. The maximum absolute atomic E-state index is 12.6.